The number of alkyl carbamates (subject to hydrolysis) is 1. The van der Waals surface area contributed by atoms with Gasteiger partial charge in [0.1, 0.15) is 12.7 Å². The van der Waals surface area contributed by atoms with Gasteiger partial charge in [-0.2, -0.15) is 0 Å². The Morgan fingerprint density at radius 2 is 2.00 bits per heavy atom. The van der Waals surface area contributed by atoms with Crippen LogP contribution in [-0.4, -0.2) is 25.0 Å². The summed E-state index contributed by atoms with van der Waals surface area (Å²) in [6.45, 7) is 9.06. The van der Waals surface area contributed by atoms with Crippen LogP contribution in [0.2, 0.25) is 0 Å². The highest BCUT2D eigenvalue weighted by molar-refractivity contribution is 7.70. The van der Waals surface area contributed by atoms with Crippen LogP contribution in [0.5, 0.6) is 0 Å². The van der Waals surface area contributed by atoms with Gasteiger partial charge in [-0.25, -0.2) is 4.79 Å². The Bertz CT molecular complexity index is 617. The number of hydrogen-bond donors (Lipinski definition) is 1. The van der Waals surface area contributed by atoms with E-state index in [4.69, 9.17) is 11.2 Å². The van der Waals surface area contributed by atoms with Crippen LogP contribution in [0.15, 0.2) is 18.2 Å². The van der Waals surface area contributed by atoms with Crippen molar-refractivity contribution in [2.45, 2.75) is 32.9 Å². The first-order chi connectivity index (χ1) is 9.53. The Morgan fingerprint density at radius 3 is 2.48 bits per heavy atom. The summed E-state index contributed by atoms with van der Waals surface area (Å²) in [4.78, 5) is 11.6. The lowest BCUT2D eigenvalue weighted by atomic mass is 10.1. The third-order valence-electron chi connectivity index (χ3n) is 2.63. The summed E-state index contributed by atoms with van der Waals surface area (Å²) in [5.41, 5.74) is 0.925. The molecule has 0 atom stereocenters. The maximum atomic E-state index is 12.3. The number of amides is 1. The van der Waals surface area contributed by atoms with Crippen molar-refractivity contribution in [3.63, 3.8) is 0 Å². The molecule has 4 nitrogen and oxygen atoms in total. The van der Waals surface area contributed by atoms with E-state index in [0.29, 0.717) is 17.4 Å². The standard InChI is InChI=1S/C16H22NO3P/c1-7-13-9-8-12(10-14(13)21(5,6)19)11-17-15(18)20-16(2,3)4/h1,8-10H,11H2,2-6H3,(H,17,18). The summed E-state index contributed by atoms with van der Waals surface area (Å²) in [5, 5.41) is 3.33. The van der Waals surface area contributed by atoms with Gasteiger partial charge < -0.3 is 14.6 Å². The Balaban J connectivity index is 2.85. The van der Waals surface area contributed by atoms with E-state index in [2.05, 4.69) is 11.2 Å². The van der Waals surface area contributed by atoms with Crippen molar-refractivity contribution in [3.05, 3.63) is 29.3 Å². The second-order valence-corrected chi connectivity index (χ2v) is 9.39. The zero-order chi connectivity index (χ0) is 16.3. The maximum absolute atomic E-state index is 12.3. The average Bonchev–Trinajstić information content (AvgIpc) is 2.33. The van der Waals surface area contributed by atoms with Gasteiger partial charge in [0.2, 0.25) is 0 Å². The molecule has 1 N–H and O–H groups in total. The molecule has 0 saturated carbocycles. The molecule has 114 valence electrons. The van der Waals surface area contributed by atoms with Crippen LogP contribution in [0, 0.1) is 12.3 Å². The van der Waals surface area contributed by atoms with Crippen molar-refractivity contribution in [1.29, 1.82) is 0 Å². The minimum atomic E-state index is -2.47. The molecule has 0 saturated heterocycles. The largest absolute Gasteiger partial charge is 0.444 e. The Hall–Kier alpha value is -1.72. The van der Waals surface area contributed by atoms with Gasteiger partial charge in [-0.1, -0.05) is 12.0 Å². The molecule has 1 amide bonds. The average molecular weight is 307 g/mol. The molecule has 0 aliphatic rings. The van der Waals surface area contributed by atoms with Crippen LogP contribution in [-0.2, 0) is 15.8 Å². The lowest BCUT2D eigenvalue weighted by Gasteiger charge is -2.20. The minimum absolute atomic E-state index is 0.298. The molecule has 0 aromatic heterocycles. The Morgan fingerprint density at radius 1 is 1.38 bits per heavy atom. The molecule has 1 aromatic rings. The molecular formula is C16H22NO3P. The Kier molecular flexibility index (Phi) is 5.25. The van der Waals surface area contributed by atoms with Gasteiger partial charge in [-0.3, -0.25) is 0 Å². The fourth-order valence-electron chi connectivity index (χ4n) is 1.74. The lowest BCUT2D eigenvalue weighted by molar-refractivity contribution is 0.0523. The van der Waals surface area contributed by atoms with E-state index in [9.17, 15) is 9.36 Å². The third kappa shape index (κ3) is 5.65. The highest BCUT2D eigenvalue weighted by atomic mass is 31.2. The molecule has 0 heterocycles. The van der Waals surface area contributed by atoms with Gasteiger partial charge in [0.05, 0.1) is 0 Å². The van der Waals surface area contributed by atoms with E-state index < -0.39 is 18.8 Å². The van der Waals surface area contributed by atoms with E-state index in [-0.39, 0.29) is 0 Å². The number of ether oxygens (including phenoxy) is 1. The molecule has 0 aliphatic heterocycles. The molecule has 0 unspecified atom stereocenters. The number of terminal acetylenes is 1. The highest BCUT2D eigenvalue weighted by Gasteiger charge is 2.18. The summed E-state index contributed by atoms with van der Waals surface area (Å²) >= 11 is 0. The zero-order valence-electron chi connectivity index (χ0n) is 13.2. The molecule has 0 aliphatic carbocycles. The van der Waals surface area contributed by atoms with Crippen LogP contribution in [0.1, 0.15) is 31.9 Å². The number of carbonyl (C=O) groups is 1. The highest BCUT2D eigenvalue weighted by Crippen LogP contribution is 2.36. The van der Waals surface area contributed by atoms with Gasteiger partial charge in [0.25, 0.3) is 0 Å². The monoisotopic (exact) mass is 307 g/mol. The van der Waals surface area contributed by atoms with Crippen molar-refractivity contribution in [1.82, 2.24) is 5.32 Å². The summed E-state index contributed by atoms with van der Waals surface area (Å²) in [6, 6.07) is 5.35. The molecule has 0 spiro atoms. The summed E-state index contributed by atoms with van der Waals surface area (Å²) in [5.74, 6) is 2.54. The predicted octanol–water partition coefficient (Wildman–Crippen LogP) is 2.94. The smallest absolute Gasteiger partial charge is 0.407 e. The second-order valence-electron chi connectivity index (χ2n) is 6.20. The SMILES string of the molecule is C#Cc1ccc(CNC(=O)OC(C)(C)C)cc1P(C)(C)=O. The quantitative estimate of drug-likeness (QED) is 0.690. The third-order valence-corrected chi connectivity index (χ3v) is 4.16. The van der Waals surface area contributed by atoms with Crippen molar-refractivity contribution in [2.24, 2.45) is 0 Å². The zero-order valence-corrected chi connectivity index (χ0v) is 14.1. The van der Waals surface area contributed by atoms with Crippen LogP contribution in [0.3, 0.4) is 0 Å². The van der Waals surface area contributed by atoms with Gasteiger partial charge in [-0.05, 0) is 51.8 Å². The van der Waals surface area contributed by atoms with E-state index in [0.717, 1.165) is 5.56 Å². The molecule has 1 aromatic carbocycles. The minimum Gasteiger partial charge on any atom is -0.444 e. The van der Waals surface area contributed by atoms with Gasteiger partial charge in [0.15, 0.2) is 0 Å². The van der Waals surface area contributed by atoms with Crippen LogP contribution < -0.4 is 10.6 Å². The van der Waals surface area contributed by atoms with Crippen LogP contribution >= 0.6 is 7.14 Å². The number of benzene rings is 1. The topological polar surface area (TPSA) is 55.4 Å². The first kappa shape index (κ1) is 17.3. The van der Waals surface area contributed by atoms with Gasteiger partial charge >= 0.3 is 6.09 Å². The number of carbonyl (C=O) groups excluding carboxylic acids is 1. The Labute approximate surface area is 126 Å². The molecular weight excluding hydrogens is 285 g/mol. The molecule has 1 rings (SSSR count). The summed E-state index contributed by atoms with van der Waals surface area (Å²) in [7, 11) is -2.47. The number of rotatable bonds is 3. The van der Waals surface area contributed by atoms with Gasteiger partial charge in [0, 0.05) is 17.4 Å². The molecule has 5 heteroatoms. The van der Waals surface area contributed by atoms with Crippen molar-refractivity contribution in [3.8, 4) is 12.3 Å². The summed E-state index contributed by atoms with van der Waals surface area (Å²) in [6.07, 6.45) is 4.94. The molecule has 0 fully saturated rings. The second kappa shape index (κ2) is 6.37. The van der Waals surface area contributed by atoms with E-state index in [1.54, 1.807) is 46.2 Å². The number of nitrogens with one attached hydrogen (secondary N) is 1. The lowest BCUT2D eigenvalue weighted by Crippen LogP contribution is -2.32. The van der Waals surface area contributed by atoms with E-state index >= 15 is 0 Å². The first-order valence-corrected chi connectivity index (χ1v) is 9.25. The van der Waals surface area contributed by atoms with E-state index in [1.807, 2.05) is 6.07 Å². The maximum Gasteiger partial charge on any atom is 0.407 e. The van der Waals surface area contributed by atoms with E-state index in [1.165, 1.54) is 0 Å². The van der Waals surface area contributed by atoms with Crippen molar-refractivity contribution in [2.75, 3.05) is 13.3 Å². The summed E-state index contributed by atoms with van der Waals surface area (Å²) < 4.78 is 17.4. The number of hydrogen-bond acceptors (Lipinski definition) is 3. The molecule has 21 heavy (non-hydrogen) atoms. The molecule has 0 bridgehead atoms. The van der Waals surface area contributed by atoms with Crippen molar-refractivity contribution >= 4 is 18.5 Å². The fraction of sp³-hybridized carbons (Fsp3) is 0.438. The van der Waals surface area contributed by atoms with Crippen LogP contribution in [0.25, 0.3) is 0 Å². The predicted molar refractivity (Wildman–Crippen MR) is 86.5 cm³/mol. The van der Waals surface area contributed by atoms with Gasteiger partial charge in [-0.15, -0.1) is 6.42 Å². The first-order valence-electron chi connectivity index (χ1n) is 6.65. The fourth-order valence-corrected chi connectivity index (χ4v) is 2.94. The molecule has 0 radical (unpaired) electrons. The van der Waals surface area contributed by atoms with Crippen LogP contribution in [0.4, 0.5) is 4.79 Å². The van der Waals surface area contributed by atoms with Crippen molar-refractivity contribution < 1.29 is 14.1 Å². The normalized spacial score (nSPS) is 11.6.